The van der Waals surface area contributed by atoms with Crippen molar-refractivity contribution in [1.82, 2.24) is 4.98 Å². The summed E-state index contributed by atoms with van der Waals surface area (Å²) in [6, 6.07) is 9.16. The minimum atomic E-state index is -4.69. The number of nitrogens with zero attached hydrogens (tertiary/aromatic N) is 2. The number of halogens is 4. The first kappa shape index (κ1) is 23.0. The lowest BCUT2D eigenvalue weighted by molar-refractivity contribution is -0.137. The summed E-state index contributed by atoms with van der Waals surface area (Å²) in [6.45, 7) is 2.65. The number of amides is 2. The molecule has 0 radical (unpaired) electrons. The van der Waals surface area contributed by atoms with Crippen molar-refractivity contribution in [2.24, 2.45) is 0 Å². The molecule has 2 amide bonds. The number of nitrogens with one attached hydrogen (secondary N) is 2. The lowest BCUT2D eigenvalue weighted by atomic mass is 10.0. The Morgan fingerprint density at radius 1 is 0.971 bits per heavy atom. The fourth-order valence-electron chi connectivity index (χ4n) is 3.82. The van der Waals surface area contributed by atoms with Gasteiger partial charge in [-0.15, -0.1) is 0 Å². The first-order valence-electron chi connectivity index (χ1n) is 10.0. The van der Waals surface area contributed by atoms with Gasteiger partial charge in [-0.05, 0) is 55.0 Å². The fraction of sp³-hybridized carbons (Fsp3) is 0.174. The van der Waals surface area contributed by atoms with Crippen molar-refractivity contribution in [3.05, 3.63) is 81.4 Å². The maximum atomic E-state index is 13.7. The second kappa shape index (κ2) is 8.32. The normalized spacial score (nSPS) is 13.6. The first-order valence-corrected chi connectivity index (χ1v) is 10.0. The van der Waals surface area contributed by atoms with Gasteiger partial charge in [0, 0.05) is 18.7 Å². The minimum absolute atomic E-state index is 0.0765. The van der Waals surface area contributed by atoms with Crippen LogP contribution in [0.15, 0.2) is 53.3 Å². The zero-order valence-electron chi connectivity index (χ0n) is 18.0. The maximum Gasteiger partial charge on any atom is 0.416 e. The lowest BCUT2D eigenvalue weighted by Gasteiger charge is -2.39. The molecule has 11 heteroatoms. The Hall–Kier alpha value is -4.15. The Balaban J connectivity index is 1.93. The highest BCUT2D eigenvalue weighted by Gasteiger charge is 2.37. The van der Waals surface area contributed by atoms with Crippen molar-refractivity contribution in [3.63, 3.8) is 0 Å². The summed E-state index contributed by atoms with van der Waals surface area (Å²) >= 11 is 0. The largest absolute Gasteiger partial charge is 0.416 e. The van der Waals surface area contributed by atoms with Crippen LogP contribution in [0.1, 0.15) is 28.4 Å². The maximum absolute atomic E-state index is 13.7. The van der Waals surface area contributed by atoms with E-state index in [4.69, 9.17) is 0 Å². The van der Waals surface area contributed by atoms with Crippen LogP contribution >= 0.6 is 0 Å². The zero-order valence-corrected chi connectivity index (χ0v) is 18.0. The highest BCUT2D eigenvalue weighted by Crippen LogP contribution is 2.41. The van der Waals surface area contributed by atoms with Crippen molar-refractivity contribution in [2.45, 2.75) is 20.0 Å². The van der Waals surface area contributed by atoms with Gasteiger partial charge in [0.1, 0.15) is 18.3 Å². The Bertz CT molecular complexity index is 1370. The molecule has 0 saturated carbocycles. The van der Waals surface area contributed by atoms with Gasteiger partial charge in [-0.1, -0.05) is 0 Å². The minimum Gasteiger partial charge on any atom is -0.322 e. The van der Waals surface area contributed by atoms with Crippen LogP contribution in [0.5, 0.6) is 0 Å². The van der Waals surface area contributed by atoms with E-state index < -0.39 is 34.9 Å². The third kappa shape index (κ3) is 4.24. The molecule has 1 aliphatic rings. The molecule has 0 atom stereocenters. The molecule has 1 aromatic heterocycles. The lowest BCUT2D eigenvalue weighted by Crippen LogP contribution is -2.46. The van der Waals surface area contributed by atoms with E-state index in [1.165, 1.54) is 37.3 Å². The molecule has 2 heterocycles. The summed E-state index contributed by atoms with van der Waals surface area (Å²) in [5, 5.41) is 2.43. The van der Waals surface area contributed by atoms with Gasteiger partial charge in [-0.2, -0.15) is 13.2 Å². The molecule has 2 aromatic carbocycles. The van der Waals surface area contributed by atoms with Crippen molar-refractivity contribution < 1.29 is 27.2 Å². The summed E-state index contributed by atoms with van der Waals surface area (Å²) in [4.78, 5) is 42.0. The third-order valence-corrected chi connectivity index (χ3v) is 5.31. The molecule has 0 fully saturated rings. The number of rotatable bonds is 3. The molecule has 1 aliphatic heterocycles. The van der Waals surface area contributed by atoms with Crippen LogP contribution in [-0.4, -0.2) is 23.5 Å². The second-order valence-corrected chi connectivity index (χ2v) is 7.73. The molecule has 0 aliphatic carbocycles. The van der Waals surface area contributed by atoms with Crippen molar-refractivity contribution in [2.75, 3.05) is 21.8 Å². The topological polar surface area (TPSA) is 85.5 Å². The van der Waals surface area contributed by atoms with Crippen molar-refractivity contribution >= 4 is 34.7 Å². The average molecular weight is 474 g/mol. The summed E-state index contributed by atoms with van der Waals surface area (Å²) in [7, 11) is 0. The monoisotopic (exact) mass is 474 g/mol. The van der Waals surface area contributed by atoms with Gasteiger partial charge < -0.3 is 15.2 Å². The van der Waals surface area contributed by atoms with E-state index in [2.05, 4.69) is 10.3 Å². The highest BCUT2D eigenvalue weighted by atomic mass is 19.4. The van der Waals surface area contributed by atoms with Crippen molar-refractivity contribution in [1.29, 1.82) is 0 Å². The van der Waals surface area contributed by atoms with E-state index in [0.717, 1.165) is 23.1 Å². The molecule has 3 aromatic rings. The summed E-state index contributed by atoms with van der Waals surface area (Å²) in [6.07, 6.45) is -4.69. The molecule has 34 heavy (non-hydrogen) atoms. The predicted molar refractivity (Wildman–Crippen MR) is 118 cm³/mol. The number of carbonyl (C=O) groups excluding carboxylic acids is 2. The van der Waals surface area contributed by atoms with Crippen LogP contribution in [-0.2, 0) is 11.0 Å². The SMILES string of the molecule is CC(=O)Nc1[nH]c(=O)ccc1N1CN(c2ccc(F)cc2C)c2ccc(C(F)(F)F)cc2C1=O. The van der Waals surface area contributed by atoms with Crippen LogP contribution in [0.2, 0.25) is 0 Å². The van der Waals surface area contributed by atoms with E-state index in [9.17, 15) is 31.9 Å². The summed E-state index contributed by atoms with van der Waals surface area (Å²) in [5.74, 6) is -1.87. The van der Waals surface area contributed by atoms with Gasteiger partial charge in [-0.25, -0.2) is 4.39 Å². The molecular weight excluding hydrogens is 456 g/mol. The number of fused-ring (bicyclic) bond motifs is 1. The number of alkyl halides is 3. The Morgan fingerprint density at radius 2 is 1.65 bits per heavy atom. The Kier molecular flexibility index (Phi) is 5.64. The molecule has 0 unspecified atom stereocenters. The van der Waals surface area contributed by atoms with E-state index in [1.807, 2.05) is 0 Å². The molecule has 0 saturated heterocycles. The molecule has 0 spiro atoms. The predicted octanol–water partition coefficient (Wildman–Crippen LogP) is 4.56. The van der Waals surface area contributed by atoms with Gasteiger partial charge in [-0.3, -0.25) is 19.3 Å². The Morgan fingerprint density at radius 3 is 2.29 bits per heavy atom. The summed E-state index contributed by atoms with van der Waals surface area (Å²) < 4.78 is 54.0. The first-order chi connectivity index (χ1) is 16.0. The second-order valence-electron chi connectivity index (χ2n) is 7.73. The fourth-order valence-corrected chi connectivity index (χ4v) is 3.82. The van der Waals surface area contributed by atoms with Crippen LogP contribution < -0.4 is 20.7 Å². The Labute approximate surface area is 190 Å². The number of hydrogen-bond donors (Lipinski definition) is 2. The number of hydrogen-bond acceptors (Lipinski definition) is 4. The van der Waals surface area contributed by atoms with Crippen LogP contribution in [0.25, 0.3) is 0 Å². The molecule has 7 nitrogen and oxygen atoms in total. The van der Waals surface area contributed by atoms with Crippen LogP contribution in [0.3, 0.4) is 0 Å². The van der Waals surface area contributed by atoms with Gasteiger partial charge in [0.05, 0.1) is 22.5 Å². The average Bonchev–Trinajstić information content (AvgIpc) is 2.74. The molecule has 2 N–H and O–H groups in total. The van der Waals surface area contributed by atoms with Gasteiger partial charge >= 0.3 is 6.18 Å². The number of H-pyrrole nitrogens is 1. The number of aromatic nitrogens is 1. The molecule has 0 bridgehead atoms. The number of pyridine rings is 1. The van der Waals surface area contributed by atoms with E-state index in [1.54, 1.807) is 11.8 Å². The van der Waals surface area contributed by atoms with Gasteiger partial charge in [0.2, 0.25) is 11.5 Å². The smallest absolute Gasteiger partial charge is 0.322 e. The van der Waals surface area contributed by atoms with E-state index in [-0.39, 0.29) is 29.4 Å². The van der Waals surface area contributed by atoms with E-state index >= 15 is 0 Å². The summed E-state index contributed by atoms with van der Waals surface area (Å²) in [5.41, 5.74) is -0.579. The van der Waals surface area contributed by atoms with Crippen molar-refractivity contribution in [3.8, 4) is 0 Å². The van der Waals surface area contributed by atoms with Gasteiger partial charge in [0.15, 0.2) is 0 Å². The molecule has 176 valence electrons. The standard InChI is InChI=1S/C23H18F4N4O3/c1-12-9-15(24)4-6-17(12)30-11-31(19-7-8-20(33)29-21(19)28-13(2)32)22(34)16-10-14(23(25,26)27)3-5-18(16)30/h3-10H,11H2,1-2H3,(H2,28,29,32,33). The quantitative estimate of drug-likeness (QED) is 0.546. The number of aryl methyl sites for hydroxylation is 1. The van der Waals surface area contributed by atoms with Gasteiger partial charge in [0.25, 0.3) is 5.91 Å². The number of aromatic amines is 1. The number of carbonyl (C=O) groups is 2. The molecule has 4 rings (SSSR count). The number of benzene rings is 2. The number of anilines is 4. The highest BCUT2D eigenvalue weighted by molar-refractivity contribution is 6.14. The van der Waals surface area contributed by atoms with Crippen LogP contribution in [0, 0.1) is 12.7 Å². The third-order valence-electron chi connectivity index (χ3n) is 5.31. The van der Waals surface area contributed by atoms with Crippen LogP contribution in [0.4, 0.5) is 40.4 Å². The van der Waals surface area contributed by atoms with E-state index in [0.29, 0.717) is 11.3 Å². The molecular formula is C23H18F4N4O3. The zero-order chi connectivity index (χ0) is 24.8.